The van der Waals surface area contributed by atoms with Crippen molar-refractivity contribution in [2.45, 2.75) is 64.1 Å². The number of aliphatic carboxylic acids is 1. The van der Waals surface area contributed by atoms with Gasteiger partial charge in [0.05, 0.1) is 6.33 Å². The van der Waals surface area contributed by atoms with E-state index in [0.717, 1.165) is 37.5 Å². The molecule has 8 heteroatoms. The smallest absolute Gasteiger partial charge is 0.408 e. The molecule has 0 aliphatic rings. The van der Waals surface area contributed by atoms with Crippen molar-refractivity contribution in [2.75, 3.05) is 0 Å². The number of hydrogen-bond donors (Lipinski definition) is 2. The summed E-state index contributed by atoms with van der Waals surface area (Å²) in [6.07, 6.45) is 7.54. The first-order chi connectivity index (χ1) is 14.5. The molecule has 1 aromatic carbocycles. The second-order valence-electron chi connectivity index (χ2n) is 7.15. The number of carbonyl (C=O) groups is 3. The number of unbranched alkanes of at least 4 members (excludes halogenated alkanes) is 2. The maximum atomic E-state index is 12.1. The van der Waals surface area contributed by atoms with Gasteiger partial charge in [-0.05, 0) is 12.0 Å². The van der Waals surface area contributed by atoms with Crippen LogP contribution in [0.4, 0.5) is 4.79 Å². The van der Waals surface area contributed by atoms with Crippen LogP contribution >= 0.6 is 0 Å². The summed E-state index contributed by atoms with van der Waals surface area (Å²) >= 11 is 0. The van der Waals surface area contributed by atoms with Gasteiger partial charge in [0.1, 0.15) is 18.9 Å². The van der Waals surface area contributed by atoms with E-state index in [1.54, 1.807) is 12.5 Å². The molecular weight excluding hydrogens is 386 g/mol. The van der Waals surface area contributed by atoms with Gasteiger partial charge in [-0.1, -0.05) is 56.5 Å². The van der Waals surface area contributed by atoms with Gasteiger partial charge in [-0.2, -0.15) is 0 Å². The Balaban J connectivity index is 2.00. The second-order valence-corrected chi connectivity index (χ2v) is 7.15. The Labute approximate surface area is 176 Å². The van der Waals surface area contributed by atoms with Crippen LogP contribution in [-0.2, 0) is 27.4 Å². The predicted molar refractivity (Wildman–Crippen MR) is 111 cm³/mol. The molecule has 2 rings (SSSR count). The molecule has 2 atom stereocenters. The van der Waals surface area contributed by atoms with E-state index in [2.05, 4.69) is 17.2 Å². The van der Waals surface area contributed by atoms with Crippen LogP contribution in [0.5, 0.6) is 0 Å². The van der Waals surface area contributed by atoms with Gasteiger partial charge in [-0.25, -0.2) is 14.6 Å². The van der Waals surface area contributed by atoms with Crippen LogP contribution in [-0.4, -0.2) is 39.0 Å². The number of amides is 1. The van der Waals surface area contributed by atoms with E-state index in [4.69, 9.17) is 4.74 Å². The quantitative estimate of drug-likeness (QED) is 0.383. The fraction of sp³-hybridized carbons (Fsp3) is 0.455. The van der Waals surface area contributed by atoms with E-state index in [0.29, 0.717) is 12.1 Å². The number of rotatable bonds is 13. The van der Waals surface area contributed by atoms with Crippen molar-refractivity contribution < 1.29 is 24.2 Å². The number of imidazole rings is 1. The molecular formula is C22H29N3O5. The zero-order chi connectivity index (χ0) is 21.8. The number of aldehydes is 1. The van der Waals surface area contributed by atoms with Crippen molar-refractivity contribution in [3.8, 4) is 0 Å². The highest BCUT2D eigenvalue weighted by molar-refractivity contribution is 5.80. The third-order valence-electron chi connectivity index (χ3n) is 4.87. The van der Waals surface area contributed by atoms with Crippen LogP contribution in [0, 0.1) is 0 Å². The van der Waals surface area contributed by atoms with Crippen molar-refractivity contribution in [1.29, 1.82) is 0 Å². The SMILES string of the molecule is CCCCCC(CC=O)n1cncc1C[C@H](NC(=O)OCc1ccccc1)C(=O)O. The molecule has 0 fully saturated rings. The van der Waals surface area contributed by atoms with Gasteiger partial charge in [0.2, 0.25) is 0 Å². The molecule has 1 heterocycles. The first-order valence-electron chi connectivity index (χ1n) is 10.2. The Morgan fingerprint density at radius 1 is 1.27 bits per heavy atom. The average molecular weight is 415 g/mol. The maximum Gasteiger partial charge on any atom is 0.408 e. The van der Waals surface area contributed by atoms with E-state index < -0.39 is 18.1 Å². The second kappa shape index (κ2) is 12.4. The van der Waals surface area contributed by atoms with Crippen LogP contribution in [0.2, 0.25) is 0 Å². The number of benzene rings is 1. The lowest BCUT2D eigenvalue weighted by Crippen LogP contribution is -2.43. The summed E-state index contributed by atoms with van der Waals surface area (Å²) in [6, 6.07) is 7.88. The summed E-state index contributed by atoms with van der Waals surface area (Å²) in [5, 5.41) is 12.0. The Morgan fingerprint density at radius 3 is 2.70 bits per heavy atom. The number of hydrogen-bond acceptors (Lipinski definition) is 5. The zero-order valence-corrected chi connectivity index (χ0v) is 17.2. The van der Waals surface area contributed by atoms with Gasteiger partial charge in [0, 0.05) is 30.8 Å². The van der Waals surface area contributed by atoms with Crippen molar-refractivity contribution in [3.63, 3.8) is 0 Å². The van der Waals surface area contributed by atoms with E-state index in [-0.39, 0.29) is 19.1 Å². The number of carbonyl (C=O) groups excluding carboxylic acids is 2. The number of nitrogens with one attached hydrogen (secondary N) is 1. The summed E-state index contributed by atoms with van der Waals surface area (Å²) in [5.74, 6) is -1.17. The van der Waals surface area contributed by atoms with Crippen LogP contribution in [0.3, 0.4) is 0 Å². The van der Waals surface area contributed by atoms with Crippen molar-refractivity contribution in [2.24, 2.45) is 0 Å². The molecule has 0 aliphatic heterocycles. The minimum absolute atomic E-state index is 0.0406. The fourth-order valence-electron chi connectivity index (χ4n) is 3.25. The number of nitrogens with zero attached hydrogens (tertiary/aromatic N) is 2. The molecule has 162 valence electrons. The summed E-state index contributed by atoms with van der Waals surface area (Å²) in [4.78, 5) is 39.0. The van der Waals surface area contributed by atoms with E-state index in [1.807, 2.05) is 34.9 Å². The van der Waals surface area contributed by atoms with Crippen LogP contribution < -0.4 is 5.32 Å². The average Bonchev–Trinajstić information content (AvgIpc) is 3.20. The number of alkyl carbamates (subject to hydrolysis) is 1. The monoisotopic (exact) mass is 415 g/mol. The summed E-state index contributed by atoms with van der Waals surface area (Å²) in [6.45, 7) is 2.16. The summed E-state index contributed by atoms with van der Waals surface area (Å²) < 4.78 is 6.97. The number of ether oxygens (including phenoxy) is 1. The topological polar surface area (TPSA) is 111 Å². The fourth-order valence-corrected chi connectivity index (χ4v) is 3.25. The third kappa shape index (κ3) is 7.35. The lowest BCUT2D eigenvalue weighted by atomic mass is 10.0. The molecule has 0 bridgehead atoms. The molecule has 8 nitrogen and oxygen atoms in total. The highest BCUT2D eigenvalue weighted by Gasteiger charge is 2.24. The van der Waals surface area contributed by atoms with E-state index in [9.17, 15) is 19.5 Å². The molecule has 30 heavy (non-hydrogen) atoms. The van der Waals surface area contributed by atoms with Crippen molar-refractivity contribution in [3.05, 3.63) is 54.1 Å². The van der Waals surface area contributed by atoms with Gasteiger partial charge in [0.15, 0.2) is 0 Å². The largest absolute Gasteiger partial charge is 0.480 e. The van der Waals surface area contributed by atoms with Crippen LogP contribution in [0.15, 0.2) is 42.9 Å². The number of aromatic nitrogens is 2. The minimum Gasteiger partial charge on any atom is -0.480 e. The lowest BCUT2D eigenvalue weighted by molar-refractivity contribution is -0.139. The zero-order valence-electron chi connectivity index (χ0n) is 17.2. The lowest BCUT2D eigenvalue weighted by Gasteiger charge is -2.21. The highest BCUT2D eigenvalue weighted by atomic mass is 16.5. The minimum atomic E-state index is -1.17. The molecule has 0 spiro atoms. The van der Waals surface area contributed by atoms with Crippen molar-refractivity contribution >= 4 is 18.3 Å². The summed E-state index contributed by atoms with van der Waals surface area (Å²) in [7, 11) is 0. The number of carboxylic acid groups (broad SMARTS) is 1. The molecule has 0 aliphatic carbocycles. The van der Waals surface area contributed by atoms with E-state index in [1.165, 1.54) is 0 Å². The molecule has 2 aromatic rings. The predicted octanol–water partition coefficient (Wildman–Crippen LogP) is 3.52. The normalized spacial score (nSPS) is 12.7. The van der Waals surface area contributed by atoms with Gasteiger partial charge >= 0.3 is 12.1 Å². The molecule has 0 radical (unpaired) electrons. The first kappa shape index (κ1) is 23.1. The number of carboxylic acids is 1. The molecule has 1 amide bonds. The van der Waals surface area contributed by atoms with Gasteiger partial charge in [-0.15, -0.1) is 0 Å². The Bertz CT molecular complexity index is 806. The molecule has 0 saturated heterocycles. The van der Waals surface area contributed by atoms with Crippen molar-refractivity contribution in [1.82, 2.24) is 14.9 Å². The Hall–Kier alpha value is -3.16. The molecule has 2 N–H and O–H groups in total. The van der Waals surface area contributed by atoms with Gasteiger partial charge in [-0.3, -0.25) is 0 Å². The van der Waals surface area contributed by atoms with Crippen LogP contribution in [0.25, 0.3) is 0 Å². The maximum absolute atomic E-state index is 12.1. The molecule has 0 saturated carbocycles. The first-order valence-corrected chi connectivity index (χ1v) is 10.2. The van der Waals surface area contributed by atoms with Gasteiger partial charge in [0.25, 0.3) is 0 Å². The Kier molecular flexibility index (Phi) is 9.57. The van der Waals surface area contributed by atoms with E-state index >= 15 is 0 Å². The molecule has 1 aromatic heterocycles. The third-order valence-corrected chi connectivity index (χ3v) is 4.87. The van der Waals surface area contributed by atoms with Gasteiger partial charge < -0.3 is 24.5 Å². The highest BCUT2D eigenvalue weighted by Crippen LogP contribution is 2.21. The Morgan fingerprint density at radius 2 is 2.03 bits per heavy atom. The molecule has 1 unspecified atom stereocenters. The summed E-state index contributed by atoms with van der Waals surface area (Å²) in [5.41, 5.74) is 1.45. The standard InChI is InChI=1S/C22H29N3O5/c1-2-3-5-10-18(11-12-26)25-16-23-14-19(25)13-20(21(27)28)24-22(29)30-15-17-8-6-4-7-9-17/h4,6-9,12,14,16,18,20H,2-3,5,10-11,13,15H2,1H3,(H,24,29)(H,27,28)/t18?,20-/m0/s1. The van der Waals surface area contributed by atoms with Crippen LogP contribution in [0.1, 0.15) is 56.3 Å².